The van der Waals surface area contributed by atoms with E-state index in [1.807, 2.05) is 5.38 Å². The Morgan fingerprint density at radius 1 is 1.29 bits per heavy atom. The average molecular weight is 367 g/mol. The molecule has 2 aromatic rings. The zero-order valence-corrected chi connectivity index (χ0v) is 15.2. The van der Waals surface area contributed by atoms with Gasteiger partial charge in [0, 0.05) is 15.8 Å². The fourth-order valence-electron chi connectivity index (χ4n) is 2.05. The molecular weight excluding hydrogens is 348 g/mol. The standard InChI is InChI=1S/C17H19ClN2O3S/c1-17(2,3)16-19-12(9-24-16)8-13(21)20-14(15(22)23)10-4-6-11(18)7-5-10/h4-7,9,14H,8H2,1-3H3,(H,20,21)(H,22,23). The van der Waals surface area contributed by atoms with E-state index < -0.39 is 12.0 Å². The fourth-order valence-corrected chi connectivity index (χ4v) is 3.09. The van der Waals surface area contributed by atoms with Crippen LogP contribution in [-0.4, -0.2) is 22.0 Å². The summed E-state index contributed by atoms with van der Waals surface area (Å²) in [4.78, 5) is 28.1. The molecular formula is C17H19ClN2O3S. The van der Waals surface area contributed by atoms with Gasteiger partial charge >= 0.3 is 5.97 Å². The van der Waals surface area contributed by atoms with E-state index in [4.69, 9.17) is 11.6 Å². The van der Waals surface area contributed by atoms with Crippen LogP contribution in [0, 0.1) is 0 Å². The molecule has 1 amide bonds. The monoisotopic (exact) mass is 366 g/mol. The van der Waals surface area contributed by atoms with Crippen LogP contribution in [0.25, 0.3) is 0 Å². The molecule has 1 unspecified atom stereocenters. The summed E-state index contributed by atoms with van der Waals surface area (Å²) in [6.07, 6.45) is 0.0456. The number of amides is 1. The maximum Gasteiger partial charge on any atom is 0.330 e. The van der Waals surface area contributed by atoms with Crippen molar-refractivity contribution < 1.29 is 14.7 Å². The number of carboxylic acid groups (broad SMARTS) is 1. The van der Waals surface area contributed by atoms with Crippen LogP contribution < -0.4 is 5.32 Å². The lowest BCUT2D eigenvalue weighted by Gasteiger charge is -2.15. The highest BCUT2D eigenvalue weighted by molar-refractivity contribution is 7.09. The molecule has 0 aliphatic rings. The normalized spacial score (nSPS) is 12.7. The summed E-state index contributed by atoms with van der Waals surface area (Å²) in [6.45, 7) is 6.16. The molecule has 1 atom stereocenters. The number of carboxylic acids is 1. The third kappa shape index (κ3) is 4.79. The van der Waals surface area contributed by atoms with E-state index in [0.717, 1.165) is 5.01 Å². The van der Waals surface area contributed by atoms with Gasteiger partial charge in [0.1, 0.15) is 0 Å². The SMILES string of the molecule is CC(C)(C)c1nc(CC(=O)NC(C(=O)O)c2ccc(Cl)cc2)cs1. The van der Waals surface area contributed by atoms with E-state index in [9.17, 15) is 14.7 Å². The Bertz CT molecular complexity index is 735. The summed E-state index contributed by atoms with van der Waals surface area (Å²) >= 11 is 7.31. The summed E-state index contributed by atoms with van der Waals surface area (Å²) in [6, 6.07) is 5.24. The Hall–Kier alpha value is -1.92. The first kappa shape index (κ1) is 18.4. The van der Waals surface area contributed by atoms with Crippen molar-refractivity contribution >= 4 is 34.8 Å². The quantitative estimate of drug-likeness (QED) is 0.847. The number of rotatable bonds is 5. The lowest BCUT2D eigenvalue weighted by atomic mass is 9.98. The van der Waals surface area contributed by atoms with Gasteiger partial charge in [-0.2, -0.15) is 0 Å². The van der Waals surface area contributed by atoms with Crippen LogP contribution in [0.4, 0.5) is 0 Å². The molecule has 2 rings (SSSR count). The first-order valence-electron chi connectivity index (χ1n) is 7.39. The van der Waals surface area contributed by atoms with Crippen molar-refractivity contribution in [2.75, 3.05) is 0 Å². The van der Waals surface area contributed by atoms with Crippen LogP contribution in [0.5, 0.6) is 0 Å². The Morgan fingerprint density at radius 3 is 2.42 bits per heavy atom. The van der Waals surface area contributed by atoms with E-state index in [1.165, 1.54) is 11.3 Å². The third-order valence-corrected chi connectivity index (χ3v) is 4.86. The molecule has 0 spiro atoms. The zero-order valence-electron chi connectivity index (χ0n) is 13.7. The fraction of sp³-hybridized carbons (Fsp3) is 0.353. The van der Waals surface area contributed by atoms with Crippen LogP contribution >= 0.6 is 22.9 Å². The second-order valence-corrected chi connectivity index (χ2v) is 7.76. The van der Waals surface area contributed by atoms with Gasteiger partial charge in [0.15, 0.2) is 6.04 Å². The van der Waals surface area contributed by atoms with Gasteiger partial charge in [0.25, 0.3) is 0 Å². The number of benzene rings is 1. The molecule has 0 saturated heterocycles. The molecule has 0 radical (unpaired) electrons. The molecule has 1 heterocycles. The van der Waals surface area contributed by atoms with E-state index in [2.05, 4.69) is 31.1 Å². The minimum absolute atomic E-state index is 0.0456. The summed E-state index contributed by atoms with van der Waals surface area (Å²) in [5.74, 6) is -1.51. The van der Waals surface area contributed by atoms with Gasteiger partial charge < -0.3 is 10.4 Å². The van der Waals surface area contributed by atoms with Crippen LogP contribution in [0.15, 0.2) is 29.6 Å². The number of nitrogens with one attached hydrogen (secondary N) is 1. The first-order valence-corrected chi connectivity index (χ1v) is 8.65. The second kappa shape index (κ2) is 7.32. The topological polar surface area (TPSA) is 79.3 Å². The Labute approximate surface area is 149 Å². The number of thiazole rings is 1. The van der Waals surface area contributed by atoms with Crippen molar-refractivity contribution in [3.63, 3.8) is 0 Å². The molecule has 5 nitrogen and oxygen atoms in total. The molecule has 1 aromatic heterocycles. The van der Waals surface area contributed by atoms with Gasteiger partial charge in [0.2, 0.25) is 5.91 Å². The minimum atomic E-state index is -1.13. The van der Waals surface area contributed by atoms with Crippen molar-refractivity contribution in [1.29, 1.82) is 0 Å². The summed E-state index contributed by atoms with van der Waals surface area (Å²) in [5, 5.41) is 15.2. The molecule has 2 N–H and O–H groups in total. The lowest BCUT2D eigenvalue weighted by molar-refractivity contribution is -0.142. The van der Waals surface area contributed by atoms with Gasteiger partial charge in [-0.1, -0.05) is 44.5 Å². The number of carbonyl (C=O) groups excluding carboxylic acids is 1. The van der Waals surface area contributed by atoms with Crippen molar-refractivity contribution in [3.05, 3.63) is 50.9 Å². The summed E-state index contributed by atoms with van der Waals surface area (Å²) in [5.41, 5.74) is 1.03. The molecule has 128 valence electrons. The van der Waals surface area contributed by atoms with Crippen molar-refractivity contribution in [2.45, 2.75) is 38.6 Å². The first-order chi connectivity index (χ1) is 11.2. The largest absolute Gasteiger partial charge is 0.479 e. The van der Waals surface area contributed by atoms with E-state index in [1.54, 1.807) is 24.3 Å². The number of aromatic nitrogens is 1. The van der Waals surface area contributed by atoms with Crippen LogP contribution in [0.3, 0.4) is 0 Å². The molecule has 0 aliphatic carbocycles. The van der Waals surface area contributed by atoms with Crippen molar-refractivity contribution in [1.82, 2.24) is 10.3 Å². The van der Waals surface area contributed by atoms with Crippen LogP contribution in [-0.2, 0) is 21.4 Å². The van der Waals surface area contributed by atoms with Gasteiger partial charge in [0.05, 0.1) is 17.1 Å². The Kier molecular flexibility index (Phi) is 5.62. The van der Waals surface area contributed by atoms with E-state index in [0.29, 0.717) is 16.3 Å². The maximum atomic E-state index is 12.2. The van der Waals surface area contributed by atoms with E-state index in [-0.39, 0.29) is 17.7 Å². The number of carbonyl (C=O) groups is 2. The number of aliphatic carboxylic acids is 1. The lowest BCUT2D eigenvalue weighted by Crippen LogP contribution is -2.34. The Balaban J connectivity index is 2.07. The molecule has 0 fully saturated rings. The highest BCUT2D eigenvalue weighted by Crippen LogP contribution is 2.25. The van der Waals surface area contributed by atoms with Gasteiger partial charge in [-0.15, -0.1) is 11.3 Å². The zero-order chi connectivity index (χ0) is 17.9. The highest BCUT2D eigenvalue weighted by Gasteiger charge is 2.23. The Morgan fingerprint density at radius 2 is 1.92 bits per heavy atom. The molecule has 24 heavy (non-hydrogen) atoms. The second-order valence-electron chi connectivity index (χ2n) is 6.46. The van der Waals surface area contributed by atoms with E-state index >= 15 is 0 Å². The van der Waals surface area contributed by atoms with Crippen molar-refractivity contribution in [3.8, 4) is 0 Å². The van der Waals surface area contributed by atoms with Crippen LogP contribution in [0.2, 0.25) is 5.02 Å². The molecule has 1 aromatic carbocycles. The number of nitrogens with zero attached hydrogens (tertiary/aromatic N) is 1. The summed E-state index contributed by atoms with van der Waals surface area (Å²) in [7, 11) is 0. The smallest absolute Gasteiger partial charge is 0.330 e. The number of hydrogen-bond acceptors (Lipinski definition) is 4. The third-order valence-electron chi connectivity index (χ3n) is 3.29. The van der Waals surface area contributed by atoms with Gasteiger partial charge in [-0.05, 0) is 17.7 Å². The number of halogens is 1. The predicted octanol–water partition coefficient (Wildman–Crippen LogP) is 3.58. The van der Waals surface area contributed by atoms with Crippen molar-refractivity contribution in [2.24, 2.45) is 0 Å². The summed E-state index contributed by atoms with van der Waals surface area (Å²) < 4.78 is 0. The van der Waals surface area contributed by atoms with Gasteiger partial charge in [-0.25, -0.2) is 9.78 Å². The van der Waals surface area contributed by atoms with Crippen LogP contribution in [0.1, 0.15) is 43.1 Å². The number of hydrogen-bond donors (Lipinski definition) is 2. The molecule has 7 heteroatoms. The average Bonchev–Trinajstić information content (AvgIpc) is 2.94. The predicted molar refractivity (Wildman–Crippen MR) is 94.5 cm³/mol. The molecule has 0 saturated carbocycles. The highest BCUT2D eigenvalue weighted by atomic mass is 35.5. The molecule has 0 aliphatic heterocycles. The maximum absolute atomic E-state index is 12.2. The molecule has 0 bridgehead atoms. The minimum Gasteiger partial charge on any atom is -0.479 e. The van der Waals surface area contributed by atoms with Gasteiger partial charge in [-0.3, -0.25) is 4.79 Å².